The molecule has 0 radical (unpaired) electrons. The summed E-state index contributed by atoms with van der Waals surface area (Å²) in [6.45, 7) is 3.14. The fourth-order valence-electron chi connectivity index (χ4n) is 2.56. The molecule has 0 bridgehead atoms. The Balaban J connectivity index is 2.38. The van der Waals surface area contributed by atoms with Crippen molar-refractivity contribution in [2.75, 3.05) is 33.2 Å². The number of likely N-dealkylation sites (tertiary alicyclic amines) is 1. The summed E-state index contributed by atoms with van der Waals surface area (Å²) in [5.74, 6) is -2.14. The molecule has 1 rings (SSSR count). The average Bonchev–Trinajstić information content (AvgIpc) is 2.57. The predicted octanol–water partition coefficient (Wildman–Crippen LogP) is 0.0744. The highest BCUT2D eigenvalue weighted by Gasteiger charge is 2.28. The van der Waals surface area contributed by atoms with Crippen LogP contribution in [0.5, 0.6) is 0 Å². The Bertz CT molecular complexity index is 480. The summed E-state index contributed by atoms with van der Waals surface area (Å²) < 4.78 is 0. The van der Waals surface area contributed by atoms with E-state index in [2.05, 4.69) is 5.32 Å². The number of carbonyl (C=O) groups excluding carboxylic acids is 3. The number of aliphatic carboxylic acids is 1. The van der Waals surface area contributed by atoms with Gasteiger partial charge < -0.3 is 20.2 Å². The van der Waals surface area contributed by atoms with Crippen molar-refractivity contribution < 1.29 is 24.3 Å². The van der Waals surface area contributed by atoms with Crippen molar-refractivity contribution in [3.05, 3.63) is 0 Å². The molecule has 0 saturated carbocycles. The second-order valence-corrected chi connectivity index (χ2v) is 6.12. The molecule has 3 amide bonds. The molecule has 1 atom stereocenters. The Hall–Kier alpha value is -2.12. The first-order chi connectivity index (χ1) is 11.3. The average molecular weight is 341 g/mol. The van der Waals surface area contributed by atoms with E-state index in [-0.39, 0.29) is 43.7 Å². The first-order valence-corrected chi connectivity index (χ1v) is 8.36. The Morgan fingerprint density at radius 1 is 1.25 bits per heavy atom. The fraction of sp³-hybridized carbons (Fsp3) is 0.750. The molecule has 0 aromatic carbocycles. The molecule has 0 aromatic heterocycles. The van der Waals surface area contributed by atoms with Gasteiger partial charge in [-0.2, -0.15) is 0 Å². The van der Waals surface area contributed by atoms with Crippen molar-refractivity contribution in [3.63, 3.8) is 0 Å². The van der Waals surface area contributed by atoms with Crippen LogP contribution in [0.25, 0.3) is 0 Å². The number of nitrogens with one attached hydrogen (secondary N) is 1. The predicted molar refractivity (Wildman–Crippen MR) is 87.1 cm³/mol. The van der Waals surface area contributed by atoms with E-state index in [0.29, 0.717) is 25.9 Å². The zero-order chi connectivity index (χ0) is 18.1. The van der Waals surface area contributed by atoms with Gasteiger partial charge in [0.1, 0.15) is 0 Å². The number of hydrogen-bond acceptors (Lipinski definition) is 4. The molecular weight excluding hydrogens is 314 g/mol. The van der Waals surface area contributed by atoms with Crippen molar-refractivity contribution in [1.82, 2.24) is 15.1 Å². The number of piperidine rings is 1. The zero-order valence-corrected chi connectivity index (χ0v) is 14.4. The number of carbonyl (C=O) groups is 4. The highest BCUT2D eigenvalue weighted by atomic mass is 16.4. The Morgan fingerprint density at radius 2 is 1.96 bits per heavy atom. The van der Waals surface area contributed by atoms with Crippen molar-refractivity contribution in [2.24, 2.45) is 5.92 Å². The quantitative estimate of drug-likeness (QED) is 0.650. The van der Waals surface area contributed by atoms with Crippen LogP contribution in [0.1, 0.15) is 39.0 Å². The Labute approximate surface area is 142 Å². The molecule has 0 aliphatic carbocycles. The van der Waals surface area contributed by atoms with Crippen molar-refractivity contribution in [3.8, 4) is 0 Å². The van der Waals surface area contributed by atoms with Gasteiger partial charge in [-0.1, -0.05) is 6.92 Å². The Morgan fingerprint density at radius 3 is 2.58 bits per heavy atom. The van der Waals surface area contributed by atoms with Gasteiger partial charge in [0, 0.05) is 39.5 Å². The minimum Gasteiger partial charge on any atom is -0.481 e. The summed E-state index contributed by atoms with van der Waals surface area (Å²) in [6, 6.07) is 0. The lowest BCUT2D eigenvalue weighted by atomic mass is 9.98. The minimum absolute atomic E-state index is 0.0527. The molecule has 0 spiro atoms. The van der Waals surface area contributed by atoms with E-state index in [4.69, 9.17) is 5.11 Å². The summed E-state index contributed by atoms with van der Waals surface area (Å²) in [5.41, 5.74) is 0. The second kappa shape index (κ2) is 9.89. The summed E-state index contributed by atoms with van der Waals surface area (Å²) in [7, 11) is 1.52. The third-order valence-corrected chi connectivity index (χ3v) is 4.06. The lowest BCUT2D eigenvalue weighted by molar-refractivity contribution is -0.147. The van der Waals surface area contributed by atoms with Crippen LogP contribution in [0.3, 0.4) is 0 Å². The van der Waals surface area contributed by atoms with Crippen LogP contribution in [-0.2, 0) is 19.2 Å². The molecule has 1 heterocycles. The van der Waals surface area contributed by atoms with Gasteiger partial charge in [0.15, 0.2) is 0 Å². The second-order valence-electron chi connectivity index (χ2n) is 6.12. The number of amides is 3. The van der Waals surface area contributed by atoms with Crippen LogP contribution < -0.4 is 5.32 Å². The number of likely N-dealkylation sites (N-methyl/N-ethyl adjacent to an activating group) is 1. The highest BCUT2D eigenvalue weighted by molar-refractivity contribution is 5.87. The first-order valence-electron chi connectivity index (χ1n) is 8.36. The van der Waals surface area contributed by atoms with E-state index in [1.807, 2.05) is 6.92 Å². The van der Waals surface area contributed by atoms with Gasteiger partial charge in [-0.3, -0.25) is 19.2 Å². The molecule has 1 fully saturated rings. The monoisotopic (exact) mass is 341 g/mol. The SMILES string of the molecule is CCCNC(=O)CCC(=O)N(C)CC(=O)N1CCCC(C(=O)O)C1. The highest BCUT2D eigenvalue weighted by Crippen LogP contribution is 2.16. The summed E-state index contributed by atoms with van der Waals surface area (Å²) in [6.07, 6.45) is 2.21. The lowest BCUT2D eigenvalue weighted by Crippen LogP contribution is -2.47. The summed E-state index contributed by atoms with van der Waals surface area (Å²) in [5, 5.41) is 11.7. The van der Waals surface area contributed by atoms with Crippen LogP contribution in [0, 0.1) is 5.92 Å². The molecule has 8 nitrogen and oxygen atoms in total. The van der Waals surface area contributed by atoms with Gasteiger partial charge >= 0.3 is 5.97 Å². The van der Waals surface area contributed by atoms with Gasteiger partial charge in [0.05, 0.1) is 12.5 Å². The van der Waals surface area contributed by atoms with Crippen LogP contribution in [0.4, 0.5) is 0 Å². The van der Waals surface area contributed by atoms with E-state index in [1.165, 1.54) is 16.8 Å². The molecule has 1 unspecified atom stereocenters. The van der Waals surface area contributed by atoms with E-state index in [0.717, 1.165) is 6.42 Å². The number of rotatable bonds is 8. The standard InChI is InChI=1S/C16H27N3O5/c1-3-8-17-13(20)6-7-14(21)18(2)11-15(22)19-9-4-5-12(10-19)16(23)24/h12H,3-11H2,1-2H3,(H,17,20)(H,23,24). The number of nitrogens with zero attached hydrogens (tertiary/aromatic N) is 2. The van der Waals surface area contributed by atoms with Crippen molar-refractivity contribution in [1.29, 1.82) is 0 Å². The zero-order valence-electron chi connectivity index (χ0n) is 14.4. The molecule has 1 aliphatic rings. The van der Waals surface area contributed by atoms with E-state index in [1.54, 1.807) is 0 Å². The summed E-state index contributed by atoms with van der Waals surface area (Å²) in [4.78, 5) is 49.5. The van der Waals surface area contributed by atoms with Crippen molar-refractivity contribution >= 4 is 23.7 Å². The third kappa shape index (κ3) is 6.55. The Kier molecular flexibility index (Phi) is 8.21. The van der Waals surface area contributed by atoms with Crippen molar-refractivity contribution in [2.45, 2.75) is 39.0 Å². The molecule has 1 saturated heterocycles. The molecular formula is C16H27N3O5. The van der Waals surface area contributed by atoms with E-state index in [9.17, 15) is 19.2 Å². The minimum atomic E-state index is -0.893. The largest absolute Gasteiger partial charge is 0.481 e. The molecule has 136 valence electrons. The smallest absolute Gasteiger partial charge is 0.308 e. The maximum absolute atomic E-state index is 12.2. The third-order valence-electron chi connectivity index (χ3n) is 4.06. The molecule has 24 heavy (non-hydrogen) atoms. The topological polar surface area (TPSA) is 107 Å². The lowest BCUT2D eigenvalue weighted by Gasteiger charge is -2.32. The number of hydrogen-bond donors (Lipinski definition) is 2. The van der Waals surface area contributed by atoms with Gasteiger partial charge in [-0.25, -0.2) is 0 Å². The van der Waals surface area contributed by atoms with E-state index >= 15 is 0 Å². The van der Waals surface area contributed by atoms with Gasteiger partial charge in [0.2, 0.25) is 17.7 Å². The molecule has 0 aromatic rings. The fourth-order valence-corrected chi connectivity index (χ4v) is 2.56. The van der Waals surface area contributed by atoms with Gasteiger partial charge in [0.25, 0.3) is 0 Å². The van der Waals surface area contributed by atoms with Crippen LogP contribution in [0.2, 0.25) is 0 Å². The normalized spacial score (nSPS) is 17.2. The van der Waals surface area contributed by atoms with Gasteiger partial charge in [-0.15, -0.1) is 0 Å². The maximum atomic E-state index is 12.2. The van der Waals surface area contributed by atoms with E-state index < -0.39 is 11.9 Å². The van der Waals surface area contributed by atoms with Crippen LogP contribution in [-0.4, -0.2) is 71.8 Å². The summed E-state index contributed by atoms with van der Waals surface area (Å²) >= 11 is 0. The van der Waals surface area contributed by atoms with Crippen LogP contribution >= 0.6 is 0 Å². The van der Waals surface area contributed by atoms with Crippen LogP contribution in [0.15, 0.2) is 0 Å². The number of carboxylic acid groups (broad SMARTS) is 1. The molecule has 8 heteroatoms. The first kappa shape index (κ1) is 19.9. The molecule has 2 N–H and O–H groups in total. The maximum Gasteiger partial charge on any atom is 0.308 e. The van der Waals surface area contributed by atoms with Gasteiger partial charge in [-0.05, 0) is 19.3 Å². The molecule has 1 aliphatic heterocycles. The number of carboxylic acids is 1.